The van der Waals surface area contributed by atoms with E-state index in [1.54, 1.807) is 24.3 Å². The number of thioether (sulfide) groups is 1. The summed E-state index contributed by atoms with van der Waals surface area (Å²) in [4.78, 5) is 12.2. The molecule has 0 radical (unpaired) electrons. The smallest absolute Gasteiger partial charge is 0.251 e. The molecule has 104 valence electrons. The summed E-state index contributed by atoms with van der Waals surface area (Å²) < 4.78 is 0. The first-order valence-electron chi connectivity index (χ1n) is 6.32. The number of carbonyl (C=O) groups is 1. The van der Waals surface area contributed by atoms with Crippen molar-refractivity contribution in [2.75, 3.05) is 18.6 Å². The molecular formula is C14H20N2OS2. The van der Waals surface area contributed by atoms with E-state index in [2.05, 4.69) is 11.6 Å². The normalized spacial score (nSPS) is 10.2. The van der Waals surface area contributed by atoms with Crippen LogP contribution in [0.4, 0.5) is 0 Å². The number of nitrogens with two attached hydrogens (primary N) is 1. The van der Waals surface area contributed by atoms with Gasteiger partial charge in [-0.1, -0.05) is 30.8 Å². The quantitative estimate of drug-likeness (QED) is 0.572. The van der Waals surface area contributed by atoms with Crippen LogP contribution in [0.2, 0.25) is 0 Å². The number of thiocarbonyl (C=S) groups is 1. The Morgan fingerprint density at radius 3 is 2.42 bits per heavy atom. The molecule has 0 fully saturated rings. The molecule has 0 aliphatic carbocycles. The lowest BCUT2D eigenvalue weighted by atomic mass is 10.1. The molecular weight excluding hydrogens is 276 g/mol. The van der Waals surface area contributed by atoms with Gasteiger partial charge in [0.05, 0.1) is 0 Å². The predicted molar refractivity (Wildman–Crippen MR) is 86.9 cm³/mol. The van der Waals surface area contributed by atoms with E-state index >= 15 is 0 Å². The standard InChI is InChI=1S/C14H20N2OS2/c1-19-10-4-2-3-9-16-14(17)12-7-5-11(6-8-12)13(15)18/h5-8H,2-4,9-10H2,1H3,(H2,15,18)(H,16,17). The second-order valence-corrected chi connectivity index (χ2v) is 5.68. The van der Waals surface area contributed by atoms with Gasteiger partial charge in [-0.3, -0.25) is 4.79 Å². The van der Waals surface area contributed by atoms with Crippen LogP contribution < -0.4 is 11.1 Å². The number of nitrogens with one attached hydrogen (secondary N) is 1. The zero-order chi connectivity index (χ0) is 14.1. The van der Waals surface area contributed by atoms with Gasteiger partial charge < -0.3 is 11.1 Å². The van der Waals surface area contributed by atoms with Crippen LogP contribution in [-0.4, -0.2) is 29.4 Å². The van der Waals surface area contributed by atoms with Gasteiger partial charge in [0.1, 0.15) is 4.99 Å². The van der Waals surface area contributed by atoms with E-state index < -0.39 is 0 Å². The second kappa shape index (κ2) is 8.93. The SMILES string of the molecule is CSCCCCCNC(=O)c1ccc(C(N)=S)cc1. The third-order valence-corrected chi connectivity index (χ3v) is 3.68. The summed E-state index contributed by atoms with van der Waals surface area (Å²) in [7, 11) is 0. The van der Waals surface area contributed by atoms with Crippen LogP contribution in [0.1, 0.15) is 35.2 Å². The van der Waals surface area contributed by atoms with Gasteiger partial charge in [0.2, 0.25) is 0 Å². The van der Waals surface area contributed by atoms with E-state index in [0.717, 1.165) is 24.9 Å². The molecule has 5 heteroatoms. The lowest BCUT2D eigenvalue weighted by Crippen LogP contribution is -2.24. The van der Waals surface area contributed by atoms with Crippen LogP contribution in [0.15, 0.2) is 24.3 Å². The molecule has 1 aromatic carbocycles. The van der Waals surface area contributed by atoms with Gasteiger partial charge in [0, 0.05) is 17.7 Å². The van der Waals surface area contributed by atoms with Crippen LogP contribution in [0.25, 0.3) is 0 Å². The second-order valence-electron chi connectivity index (χ2n) is 4.25. The van der Waals surface area contributed by atoms with Crippen LogP contribution in [0.5, 0.6) is 0 Å². The first-order chi connectivity index (χ1) is 9.15. The fourth-order valence-corrected chi connectivity index (χ4v) is 2.27. The van der Waals surface area contributed by atoms with Crippen LogP contribution >= 0.6 is 24.0 Å². The van der Waals surface area contributed by atoms with Crippen molar-refractivity contribution in [2.24, 2.45) is 5.73 Å². The van der Waals surface area contributed by atoms with Crippen molar-refractivity contribution in [2.45, 2.75) is 19.3 Å². The molecule has 0 aromatic heterocycles. The van der Waals surface area contributed by atoms with Gasteiger partial charge >= 0.3 is 0 Å². The average molecular weight is 296 g/mol. The number of unbranched alkanes of at least 4 members (excludes halogenated alkanes) is 2. The molecule has 3 nitrogen and oxygen atoms in total. The molecule has 1 aromatic rings. The van der Waals surface area contributed by atoms with E-state index in [1.807, 2.05) is 11.8 Å². The third-order valence-electron chi connectivity index (χ3n) is 2.74. The number of amides is 1. The Labute approximate surface area is 124 Å². The summed E-state index contributed by atoms with van der Waals surface area (Å²) in [5.41, 5.74) is 6.93. The van der Waals surface area contributed by atoms with Gasteiger partial charge in [-0.15, -0.1) is 0 Å². The fourth-order valence-electron chi connectivity index (χ4n) is 1.64. The Kier molecular flexibility index (Phi) is 7.52. The van der Waals surface area contributed by atoms with E-state index in [0.29, 0.717) is 10.6 Å². The number of carbonyl (C=O) groups excluding carboxylic acids is 1. The summed E-state index contributed by atoms with van der Waals surface area (Å²) in [5.74, 6) is 1.15. The molecule has 0 heterocycles. The molecule has 0 bridgehead atoms. The highest BCUT2D eigenvalue weighted by Gasteiger charge is 2.05. The maximum absolute atomic E-state index is 11.8. The van der Waals surface area contributed by atoms with Crippen molar-refractivity contribution in [3.05, 3.63) is 35.4 Å². The van der Waals surface area contributed by atoms with Crippen LogP contribution in [-0.2, 0) is 0 Å². The van der Waals surface area contributed by atoms with Gasteiger partial charge in [0.15, 0.2) is 0 Å². The van der Waals surface area contributed by atoms with Crippen molar-refractivity contribution < 1.29 is 4.79 Å². The number of benzene rings is 1. The molecule has 0 spiro atoms. The van der Waals surface area contributed by atoms with Crippen molar-refractivity contribution >= 4 is 34.9 Å². The predicted octanol–water partition coefficient (Wildman–Crippen LogP) is 2.58. The van der Waals surface area contributed by atoms with Crippen LogP contribution in [0.3, 0.4) is 0 Å². The highest BCUT2D eigenvalue weighted by molar-refractivity contribution is 7.98. The molecule has 0 saturated carbocycles. The first-order valence-corrected chi connectivity index (χ1v) is 8.12. The Morgan fingerprint density at radius 2 is 1.84 bits per heavy atom. The van der Waals surface area contributed by atoms with Gasteiger partial charge in [-0.25, -0.2) is 0 Å². The molecule has 0 unspecified atom stereocenters. The summed E-state index contributed by atoms with van der Waals surface area (Å²) in [6.07, 6.45) is 5.50. The molecule has 0 atom stereocenters. The van der Waals surface area contributed by atoms with E-state index in [9.17, 15) is 4.79 Å². The van der Waals surface area contributed by atoms with Crippen molar-refractivity contribution in [1.29, 1.82) is 0 Å². The number of hydrogen-bond acceptors (Lipinski definition) is 3. The number of hydrogen-bond donors (Lipinski definition) is 2. The Morgan fingerprint density at radius 1 is 1.21 bits per heavy atom. The average Bonchev–Trinajstić information content (AvgIpc) is 2.42. The number of rotatable bonds is 8. The Hall–Kier alpha value is -1.07. The summed E-state index contributed by atoms with van der Waals surface area (Å²) in [6.45, 7) is 0.726. The summed E-state index contributed by atoms with van der Waals surface area (Å²) >= 11 is 6.73. The van der Waals surface area contributed by atoms with Crippen molar-refractivity contribution in [3.63, 3.8) is 0 Å². The van der Waals surface area contributed by atoms with Crippen LogP contribution in [0, 0.1) is 0 Å². The lowest BCUT2D eigenvalue weighted by molar-refractivity contribution is 0.0953. The fraction of sp³-hybridized carbons (Fsp3) is 0.429. The maximum atomic E-state index is 11.8. The van der Waals surface area contributed by atoms with E-state index in [-0.39, 0.29) is 5.91 Å². The van der Waals surface area contributed by atoms with Gasteiger partial charge in [-0.2, -0.15) is 11.8 Å². The Balaban J connectivity index is 2.31. The summed E-state index contributed by atoms with van der Waals surface area (Å²) in [6, 6.07) is 7.04. The zero-order valence-electron chi connectivity index (χ0n) is 11.1. The molecule has 0 aliphatic heterocycles. The van der Waals surface area contributed by atoms with E-state index in [1.165, 1.54) is 12.2 Å². The van der Waals surface area contributed by atoms with Gasteiger partial charge in [-0.05, 0) is 37.0 Å². The van der Waals surface area contributed by atoms with E-state index in [4.69, 9.17) is 18.0 Å². The lowest BCUT2D eigenvalue weighted by Gasteiger charge is -2.06. The molecule has 0 aliphatic rings. The minimum Gasteiger partial charge on any atom is -0.389 e. The van der Waals surface area contributed by atoms with Gasteiger partial charge in [0.25, 0.3) is 5.91 Å². The highest BCUT2D eigenvalue weighted by Crippen LogP contribution is 2.05. The topological polar surface area (TPSA) is 55.1 Å². The summed E-state index contributed by atoms with van der Waals surface area (Å²) in [5, 5.41) is 2.91. The zero-order valence-corrected chi connectivity index (χ0v) is 12.8. The largest absolute Gasteiger partial charge is 0.389 e. The van der Waals surface area contributed by atoms with Crippen molar-refractivity contribution in [1.82, 2.24) is 5.32 Å². The monoisotopic (exact) mass is 296 g/mol. The highest BCUT2D eigenvalue weighted by atomic mass is 32.2. The molecule has 3 N–H and O–H groups in total. The Bertz CT molecular complexity index is 418. The maximum Gasteiger partial charge on any atom is 0.251 e. The minimum absolute atomic E-state index is 0.0423. The van der Waals surface area contributed by atoms with Crippen molar-refractivity contribution in [3.8, 4) is 0 Å². The third kappa shape index (κ3) is 6.07. The minimum atomic E-state index is -0.0423. The molecule has 1 rings (SSSR count). The first kappa shape index (κ1) is 16.0. The molecule has 19 heavy (non-hydrogen) atoms. The molecule has 1 amide bonds. The molecule has 0 saturated heterocycles.